The zero-order chi connectivity index (χ0) is 28.2. The number of fused-ring (bicyclic) bond motifs is 1. The molecule has 2 atom stereocenters. The van der Waals surface area contributed by atoms with E-state index in [1.807, 2.05) is 60.5 Å². The maximum absolute atomic E-state index is 14.0. The molecular formula is C32H36N6O3. The van der Waals surface area contributed by atoms with E-state index in [1.165, 1.54) is 5.56 Å². The number of carbonyl (C=O) groups is 2. The van der Waals surface area contributed by atoms with Crippen molar-refractivity contribution >= 4 is 17.5 Å². The number of rotatable bonds is 7. The molecule has 9 heteroatoms. The van der Waals surface area contributed by atoms with Gasteiger partial charge in [0.05, 0.1) is 11.2 Å². The third kappa shape index (κ3) is 6.01. The molecule has 2 unspecified atom stereocenters. The van der Waals surface area contributed by atoms with Crippen LogP contribution in [0.5, 0.6) is 0 Å². The number of piperidine rings is 1. The van der Waals surface area contributed by atoms with E-state index in [-0.39, 0.29) is 29.5 Å². The third-order valence-electron chi connectivity index (χ3n) is 8.43. The van der Waals surface area contributed by atoms with Crippen LogP contribution in [0.4, 0.5) is 0 Å². The smallest absolute Gasteiger partial charge is 0.253 e. The van der Waals surface area contributed by atoms with Gasteiger partial charge in [-0.05, 0) is 56.0 Å². The van der Waals surface area contributed by atoms with Gasteiger partial charge in [0.15, 0.2) is 5.65 Å². The summed E-state index contributed by atoms with van der Waals surface area (Å²) in [5, 5.41) is 11.1. The van der Waals surface area contributed by atoms with Gasteiger partial charge in [-0.2, -0.15) is 0 Å². The van der Waals surface area contributed by atoms with Crippen molar-refractivity contribution in [3.63, 3.8) is 0 Å². The predicted octanol–water partition coefficient (Wildman–Crippen LogP) is 3.87. The van der Waals surface area contributed by atoms with E-state index in [4.69, 9.17) is 4.74 Å². The summed E-state index contributed by atoms with van der Waals surface area (Å²) in [5.41, 5.74) is 3.12. The molecule has 4 heterocycles. The molecule has 1 spiro atoms. The summed E-state index contributed by atoms with van der Waals surface area (Å²) in [6.45, 7) is 2.53. The molecule has 2 aromatic heterocycles. The number of hydrogen-bond acceptors (Lipinski definition) is 6. The molecule has 0 aliphatic carbocycles. The molecule has 0 bridgehead atoms. The van der Waals surface area contributed by atoms with Crippen molar-refractivity contribution in [3.05, 3.63) is 102 Å². The molecule has 6 rings (SSSR count). The van der Waals surface area contributed by atoms with Gasteiger partial charge < -0.3 is 15.0 Å². The number of aromatic nitrogens is 3. The van der Waals surface area contributed by atoms with Crippen LogP contribution in [-0.2, 0) is 16.1 Å². The molecule has 2 saturated heterocycles. The minimum absolute atomic E-state index is 0.0178. The Kier molecular flexibility index (Phi) is 7.80. The average molecular weight is 553 g/mol. The maximum Gasteiger partial charge on any atom is 0.253 e. The normalized spacial score (nSPS) is 19.4. The molecule has 2 fully saturated rings. The van der Waals surface area contributed by atoms with Crippen LogP contribution < -0.4 is 5.32 Å². The number of hydrogen-bond donors (Lipinski definition) is 1. The van der Waals surface area contributed by atoms with Crippen LogP contribution in [0.2, 0.25) is 0 Å². The Morgan fingerprint density at radius 2 is 1.78 bits per heavy atom. The molecule has 0 saturated carbocycles. The summed E-state index contributed by atoms with van der Waals surface area (Å²) in [5.74, 6) is 0.0111. The van der Waals surface area contributed by atoms with Crippen LogP contribution in [0.15, 0.2) is 85.3 Å². The Morgan fingerprint density at radius 1 is 1.05 bits per heavy atom. The zero-order valence-corrected chi connectivity index (χ0v) is 23.4. The molecule has 2 amide bonds. The number of carbonyl (C=O) groups excluding carboxylic acids is 2. The number of pyridine rings is 1. The molecule has 212 valence electrons. The zero-order valence-electron chi connectivity index (χ0n) is 23.4. The van der Waals surface area contributed by atoms with Gasteiger partial charge in [-0.25, -0.2) is 0 Å². The monoisotopic (exact) mass is 552 g/mol. The Labute approximate surface area is 240 Å². The molecule has 2 aliphatic rings. The van der Waals surface area contributed by atoms with Crippen LogP contribution in [0, 0.1) is 0 Å². The van der Waals surface area contributed by atoms with Gasteiger partial charge in [0, 0.05) is 38.5 Å². The Morgan fingerprint density at radius 3 is 2.54 bits per heavy atom. The highest BCUT2D eigenvalue weighted by atomic mass is 16.5. The van der Waals surface area contributed by atoms with E-state index in [0.29, 0.717) is 37.5 Å². The summed E-state index contributed by atoms with van der Waals surface area (Å²) in [7, 11) is 2.02. The molecular weight excluding hydrogens is 516 g/mol. The lowest BCUT2D eigenvalue weighted by Crippen LogP contribution is -2.55. The number of ether oxygens (including phenoxy) is 1. The lowest BCUT2D eigenvalue weighted by Gasteiger charge is -2.47. The Bertz CT molecular complexity index is 1480. The van der Waals surface area contributed by atoms with Crippen molar-refractivity contribution in [1.82, 2.24) is 29.7 Å². The second-order valence-corrected chi connectivity index (χ2v) is 11.2. The standard InChI is InChI=1S/C32H36N6O3/c1-36(21-24-8-4-2-5-9-24)29(25-10-6-3-7-11-25)31(40)37-17-15-32(16-18-37)20-27(14-19-41-32)34-30(39)26-12-13-28-35-33-23-38(28)22-26/h2-13,22-23,27,29H,14-21H2,1H3,(H,34,39). The number of nitrogens with zero attached hydrogens (tertiary/aromatic N) is 5. The largest absolute Gasteiger partial charge is 0.375 e. The topological polar surface area (TPSA) is 92.1 Å². The fraction of sp³-hybridized carbons (Fsp3) is 0.375. The summed E-state index contributed by atoms with van der Waals surface area (Å²) in [6.07, 6.45) is 6.36. The van der Waals surface area contributed by atoms with E-state index in [0.717, 1.165) is 31.2 Å². The average Bonchev–Trinajstić information content (AvgIpc) is 3.47. The second-order valence-electron chi connectivity index (χ2n) is 11.2. The minimum atomic E-state index is -0.368. The van der Waals surface area contributed by atoms with E-state index in [1.54, 1.807) is 29.1 Å². The van der Waals surface area contributed by atoms with Crippen LogP contribution in [0.3, 0.4) is 0 Å². The number of benzene rings is 2. The van der Waals surface area contributed by atoms with E-state index in [9.17, 15) is 9.59 Å². The first kappa shape index (κ1) is 27.1. The summed E-state index contributed by atoms with van der Waals surface area (Å²) >= 11 is 0. The summed E-state index contributed by atoms with van der Waals surface area (Å²) in [6, 6.07) is 23.5. The number of likely N-dealkylation sites (tertiary alicyclic amines) is 1. The van der Waals surface area contributed by atoms with Crippen LogP contribution in [-0.4, -0.2) is 74.6 Å². The first-order chi connectivity index (χ1) is 20.0. The van der Waals surface area contributed by atoms with Gasteiger partial charge in [0.1, 0.15) is 12.4 Å². The van der Waals surface area contributed by atoms with Crippen molar-refractivity contribution in [2.45, 2.75) is 49.9 Å². The highest BCUT2D eigenvalue weighted by molar-refractivity contribution is 5.94. The van der Waals surface area contributed by atoms with Gasteiger partial charge in [-0.3, -0.25) is 18.9 Å². The van der Waals surface area contributed by atoms with Crippen molar-refractivity contribution < 1.29 is 14.3 Å². The van der Waals surface area contributed by atoms with E-state index >= 15 is 0 Å². The van der Waals surface area contributed by atoms with Gasteiger partial charge in [-0.15, -0.1) is 10.2 Å². The molecule has 1 N–H and O–H groups in total. The predicted molar refractivity (Wildman–Crippen MR) is 155 cm³/mol. The van der Waals surface area contributed by atoms with Gasteiger partial charge >= 0.3 is 0 Å². The van der Waals surface area contributed by atoms with Crippen molar-refractivity contribution in [3.8, 4) is 0 Å². The van der Waals surface area contributed by atoms with Crippen LogP contribution >= 0.6 is 0 Å². The maximum atomic E-state index is 14.0. The molecule has 9 nitrogen and oxygen atoms in total. The van der Waals surface area contributed by atoms with Crippen molar-refractivity contribution in [2.24, 2.45) is 0 Å². The van der Waals surface area contributed by atoms with Crippen LogP contribution in [0.1, 0.15) is 53.2 Å². The van der Waals surface area contributed by atoms with Gasteiger partial charge in [0.25, 0.3) is 5.91 Å². The number of likely N-dealkylation sites (N-methyl/N-ethyl adjacent to an activating group) is 1. The quantitative estimate of drug-likeness (QED) is 0.374. The van der Waals surface area contributed by atoms with Crippen molar-refractivity contribution in [1.29, 1.82) is 0 Å². The fourth-order valence-electron chi connectivity index (χ4n) is 6.22. The third-order valence-corrected chi connectivity index (χ3v) is 8.43. The molecule has 0 radical (unpaired) electrons. The molecule has 2 aliphatic heterocycles. The van der Waals surface area contributed by atoms with Gasteiger partial charge in [0.2, 0.25) is 5.91 Å². The Hall–Kier alpha value is -4.08. The minimum Gasteiger partial charge on any atom is -0.375 e. The second kappa shape index (κ2) is 11.8. The fourth-order valence-corrected chi connectivity index (χ4v) is 6.22. The highest BCUT2D eigenvalue weighted by Crippen LogP contribution is 2.36. The summed E-state index contributed by atoms with van der Waals surface area (Å²) < 4.78 is 8.09. The molecule has 2 aromatic carbocycles. The highest BCUT2D eigenvalue weighted by Gasteiger charge is 2.43. The van der Waals surface area contributed by atoms with Crippen molar-refractivity contribution in [2.75, 3.05) is 26.7 Å². The first-order valence-electron chi connectivity index (χ1n) is 14.3. The van der Waals surface area contributed by atoms with E-state index < -0.39 is 0 Å². The van der Waals surface area contributed by atoms with Gasteiger partial charge in [-0.1, -0.05) is 60.7 Å². The van der Waals surface area contributed by atoms with E-state index in [2.05, 4.69) is 32.5 Å². The molecule has 41 heavy (non-hydrogen) atoms. The lowest BCUT2D eigenvalue weighted by molar-refractivity contribution is -0.149. The first-order valence-corrected chi connectivity index (χ1v) is 14.3. The Balaban J connectivity index is 1.10. The number of nitrogens with one attached hydrogen (secondary N) is 1. The SMILES string of the molecule is CN(Cc1ccccc1)C(C(=O)N1CCC2(CC1)CC(NC(=O)c1ccc3nncn3c1)CCO2)c1ccccc1. The summed E-state index contributed by atoms with van der Waals surface area (Å²) in [4.78, 5) is 31.2. The molecule has 4 aromatic rings. The number of amides is 2. The lowest BCUT2D eigenvalue weighted by atomic mass is 9.82. The van der Waals surface area contributed by atoms with Crippen LogP contribution in [0.25, 0.3) is 5.65 Å².